The van der Waals surface area contributed by atoms with Gasteiger partial charge < -0.3 is 10.1 Å². The second-order valence-corrected chi connectivity index (χ2v) is 3.52. The molecule has 1 aromatic carbocycles. The van der Waals surface area contributed by atoms with E-state index in [0.717, 1.165) is 19.7 Å². The normalized spacial score (nSPS) is 15.8. The molecule has 1 heterocycles. The maximum atomic E-state index is 5.68. The third-order valence-electron chi connectivity index (χ3n) is 2.48. The Labute approximate surface area is 91.1 Å². The van der Waals surface area contributed by atoms with Crippen molar-refractivity contribution in [3.63, 3.8) is 0 Å². The molecule has 0 spiro atoms. The Morgan fingerprint density at radius 2 is 2.07 bits per heavy atom. The van der Waals surface area contributed by atoms with E-state index in [1.165, 1.54) is 11.1 Å². The van der Waals surface area contributed by atoms with Crippen LogP contribution in [0.4, 0.5) is 0 Å². The zero-order valence-corrected chi connectivity index (χ0v) is 9.14. The maximum Gasteiger partial charge on any atom is 0.0828 e. The van der Waals surface area contributed by atoms with Crippen molar-refractivity contribution in [2.45, 2.75) is 19.6 Å². The van der Waals surface area contributed by atoms with Crippen LogP contribution in [0.15, 0.2) is 24.3 Å². The average Bonchev–Trinajstić information content (AvgIpc) is 2.05. The van der Waals surface area contributed by atoms with Gasteiger partial charge in [-0.1, -0.05) is 24.3 Å². The minimum absolute atomic E-state index is 0. The lowest BCUT2D eigenvalue weighted by molar-refractivity contribution is 0.00737. The van der Waals surface area contributed by atoms with Crippen LogP contribution in [0, 0.1) is 6.92 Å². The summed E-state index contributed by atoms with van der Waals surface area (Å²) >= 11 is 0. The van der Waals surface area contributed by atoms with Crippen LogP contribution in [0.5, 0.6) is 0 Å². The summed E-state index contributed by atoms with van der Waals surface area (Å²) in [5.74, 6) is 0. The predicted molar refractivity (Wildman–Crippen MR) is 59.9 cm³/mol. The van der Waals surface area contributed by atoms with E-state index in [9.17, 15) is 0 Å². The minimum atomic E-state index is 0. The fourth-order valence-corrected chi connectivity index (χ4v) is 1.36. The molecule has 1 aliphatic heterocycles. The number of hydrogen-bond donors (Lipinski definition) is 1. The maximum absolute atomic E-state index is 5.68. The van der Waals surface area contributed by atoms with Gasteiger partial charge in [0.2, 0.25) is 0 Å². The van der Waals surface area contributed by atoms with Crippen molar-refractivity contribution in [2.75, 3.05) is 13.1 Å². The van der Waals surface area contributed by atoms with Crippen molar-refractivity contribution in [3.8, 4) is 0 Å². The number of aryl methyl sites for hydroxylation is 1. The third kappa shape index (κ3) is 2.71. The number of halogens is 1. The first-order valence-electron chi connectivity index (χ1n) is 4.73. The van der Waals surface area contributed by atoms with E-state index in [1.807, 2.05) is 0 Å². The van der Waals surface area contributed by atoms with Crippen LogP contribution in [0.1, 0.15) is 11.1 Å². The van der Waals surface area contributed by atoms with Crippen LogP contribution in [-0.4, -0.2) is 19.2 Å². The first-order chi connectivity index (χ1) is 6.36. The number of benzene rings is 1. The Bertz CT molecular complexity index is 286. The third-order valence-corrected chi connectivity index (χ3v) is 2.48. The van der Waals surface area contributed by atoms with Crippen LogP contribution in [-0.2, 0) is 11.3 Å². The van der Waals surface area contributed by atoms with Gasteiger partial charge in [0, 0.05) is 13.1 Å². The Morgan fingerprint density at radius 3 is 2.64 bits per heavy atom. The molecule has 0 unspecified atom stereocenters. The van der Waals surface area contributed by atoms with E-state index in [0.29, 0.717) is 6.10 Å². The molecule has 0 radical (unpaired) electrons. The van der Waals surface area contributed by atoms with Gasteiger partial charge in [-0.3, -0.25) is 0 Å². The van der Waals surface area contributed by atoms with Gasteiger partial charge in [0.25, 0.3) is 0 Å². The molecule has 78 valence electrons. The zero-order chi connectivity index (χ0) is 9.10. The molecule has 1 aromatic rings. The monoisotopic (exact) mass is 213 g/mol. The smallest absolute Gasteiger partial charge is 0.0828 e. The van der Waals surface area contributed by atoms with Gasteiger partial charge in [-0.25, -0.2) is 0 Å². The highest BCUT2D eigenvalue weighted by Gasteiger charge is 2.16. The van der Waals surface area contributed by atoms with Gasteiger partial charge in [-0.2, -0.15) is 0 Å². The van der Waals surface area contributed by atoms with Gasteiger partial charge in [-0.15, -0.1) is 12.4 Å². The molecule has 1 fully saturated rings. The quantitative estimate of drug-likeness (QED) is 0.828. The van der Waals surface area contributed by atoms with E-state index in [2.05, 4.69) is 36.5 Å². The van der Waals surface area contributed by atoms with Crippen LogP contribution in [0.2, 0.25) is 0 Å². The van der Waals surface area contributed by atoms with Gasteiger partial charge in [0.15, 0.2) is 0 Å². The van der Waals surface area contributed by atoms with E-state index < -0.39 is 0 Å². The molecular formula is C11H16ClNO. The average molecular weight is 214 g/mol. The molecule has 0 saturated carbocycles. The number of rotatable bonds is 3. The van der Waals surface area contributed by atoms with Crippen molar-refractivity contribution in [1.82, 2.24) is 5.32 Å². The second-order valence-electron chi connectivity index (χ2n) is 3.52. The molecule has 0 bridgehead atoms. The van der Waals surface area contributed by atoms with E-state index >= 15 is 0 Å². The summed E-state index contributed by atoms with van der Waals surface area (Å²) in [5, 5.41) is 3.19. The highest BCUT2D eigenvalue weighted by molar-refractivity contribution is 5.85. The Balaban J connectivity index is 0.000000980. The standard InChI is InChI=1S/C11H15NO.ClH/c1-9-4-2-3-5-10(9)8-13-11-6-12-7-11;/h2-5,11-12H,6-8H2,1H3;1H. The van der Waals surface area contributed by atoms with Crippen LogP contribution >= 0.6 is 12.4 Å². The minimum Gasteiger partial charge on any atom is -0.371 e. The molecule has 0 aromatic heterocycles. The summed E-state index contributed by atoms with van der Waals surface area (Å²) < 4.78 is 5.68. The number of nitrogens with one attached hydrogen (secondary N) is 1. The lowest BCUT2D eigenvalue weighted by Gasteiger charge is -2.27. The van der Waals surface area contributed by atoms with Gasteiger partial charge in [0.05, 0.1) is 12.7 Å². The first kappa shape index (κ1) is 11.5. The van der Waals surface area contributed by atoms with Crippen molar-refractivity contribution in [2.24, 2.45) is 0 Å². The molecule has 14 heavy (non-hydrogen) atoms. The molecule has 2 rings (SSSR count). The number of ether oxygens (including phenoxy) is 1. The SMILES string of the molecule is Cc1ccccc1COC1CNC1.Cl. The lowest BCUT2D eigenvalue weighted by atomic mass is 10.1. The van der Waals surface area contributed by atoms with Crippen LogP contribution in [0.3, 0.4) is 0 Å². The Hall–Kier alpha value is -0.570. The van der Waals surface area contributed by atoms with Gasteiger partial charge in [-0.05, 0) is 18.1 Å². The van der Waals surface area contributed by atoms with E-state index in [4.69, 9.17) is 4.74 Å². The zero-order valence-electron chi connectivity index (χ0n) is 8.32. The Morgan fingerprint density at radius 1 is 1.36 bits per heavy atom. The van der Waals surface area contributed by atoms with Crippen LogP contribution < -0.4 is 5.32 Å². The summed E-state index contributed by atoms with van der Waals surface area (Å²) in [4.78, 5) is 0. The summed E-state index contributed by atoms with van der Waals surface area (Å²) in [6, 6.07) is 8.37. The first-order valence-corrected chi connectivity index (χ1v) is 4.73. The molecule has 1 N–H and O–H groups in total. The van der Waals surface area contributed by atoms with Gasteiger partial charge >= 0.3 is 0 Å². The highest BCUT2D eigenvalue weighted by atomic mass is 35.5. The molecule has 0 amide bonds. The molecular weight excluding hydrogens is 198 g/mol. The predicted octanol–water partition coefficient (Wildman–Crippen LogP) is 1.91. The molecule has 0 atom stereocenters. The van der Waals surface area contributed by atoms with Gasteiger partial charge in [0.1, 0.15) is 0 Å². The van der Waals surface area contributed by atoms with Crippen LogP contribution in [0.25, 0.3) is 0 Å². The molecule has 1 saturated heterocycles. The lowest BCUT2D eigenvalue weighted by Crippen LogP contribution is -2.48. The fourth-order valence-electron chi connectivity index (χ4n) is 1.36. The van der Waals surface area contributed by atoms with E-state index in [-0.39, 0.29) is 12.4 Å². The topological polar surface area (TPSA) is 21.3 Å². The van der Waals surface area contributed by atoms with Crippen molar-refractivity contribution in [3.05, 3.63) is 35.4 Å². The summed E-state index contributed by atoms with van der Waals surface area (Å²) in [6.07, 6.45) is 0.430. The van der Waals surface area contributed by atoms with Crippen molar-refractivity contribution < 1.29 is 4.74 Å². The Kier molecular flexibility index (Phi) is 4.39. The molecule has 3 heteroatoms. The summed E-state index contributed by atoms with van der Waals surface area (Å²) in [5.41, 5.74) is 2.61. The molecule has 2 nitrogen and oxygen atoms in total. The largest absolute Gasteiger partial charge is 0.371 e. The molecule has 1 aliphatic rings. The van der Waals surface area contributed by atoms with E-state index in [1.54, 1.807) is 0 Å². The summed E-state index contributed by atoms with van der Waals surface area (Å²) in [7, 11) is 0. The molecule has 0 aliphatic carbocycles. The van der Waals surface area contributed by atoms with Crippen molar-refractivity contribution >= 4 is 12.4 Å². The fraction of sp³-hybridized carbons (Fsp3) is 0.455. The highest BCUT2D eigenvalue weighted by Crippen LogP contribution is 2.10. The van der Waals surface area contributed by atoms with Crippen molar-refractivity contribution in [1.29, 1.82) is 0 Å². The number of hydrogen-bond acceptors (Lipinski definition) is 2. The summed E-state index contributed by atoms with van der Waals surface area (Å²) in [6.45, 7) is 4.88. The second kappa shape index (κ2) is 5.35.